The molecule has 1 nitrogen and oxygen atoms in total. The first-order valence-corrected chi connectivity index (χ1v) is 3.69. The van der Waals surface area contributed by atoms with E-state index in [-0.39, 0.29) is 5.56 Å². The number of nitriles is 1. The molecule has 0 saturated carbocycles. The van der Waals surface area contributed by atoms with E-state index in [1.54, 1.807) is 6.07 Å². The molecule has 0 heterocycles. The number of benzene rings is 1. The summed E-state index contributed by atoms with van der Waals surface area (Å²) in [5.41, 5.74) is -0.504. The van der Waals surface area contributed by atoms with Crippen LogP contribution in [0.3, 0.4) is 0 Å². The maximum Gasteiger partial charge on any atom is 0.416 e. The van der Waals surface area contributed by atoms with Gasteiger partial charge in [0.15, 0.2) is 0 Å². The average Bonchev–Trinajstić information content (AvgIpc) is 2.14. The Balaban J connectivity index is 3.03. The van der Waals surface area contributed by atoms with Gasteiger partial charge in [-0.3, -0.25) is 0 Å². The van der Waals surface area contributed by atoms with Gasteiger partial charge in [-0.15, -0.1) is 0 Å². The summed E-state index contributed by atoms with van der Waals surface area (Å²) in [6.45, 7) is 0. The Hall–Kier alpha value is -1.76. The highest BCUT2D eigenvalue weighted by molar-refractivity contribution is 5.30. The van der Waals surface area contributed by atoms with Crippen molar-refractivity contribution in [2.24, 2.45) is 0 Å². The number of alkyl halides is 3. The second-order valence-corrected chi connectivity index (χ2v) is 2.50. The van der Waals surface area contributed by atoms with E-state index >= 15 is 0 Å². The molecule has 4 heteroatoms. The summed E-state index contributed by atoms with van der Waals surface area (Å²) in [6, 6.07) is 6.29. The molecule has 0 fully saturated rings. The van der Waals surface area contributed by atoms with Crippen LogP contribution in [0.4, 0.5) is 13.2 Å². The monoisotopic (exact) mass is 196 g/mol. The maximum atomic E-state index is 12.2. The van der Waals surface area contributed by atoms with E-state index in [0.717, 1.165) is 18.2 Å². The van der Waals surface area contributed by atoms with Crippen molar-refractivity contribution < 1.29 is 13.2 Å². The Morgan fingerprint density at radius 2 is 2.00 bits per heavy atom. The fourth-order valence-electron chi connectivity index (χ4n) is 0.901. The highest BCUT2D eigenvalue weighted by Gasteiger charge is 2.30. The minimum atomic E-state index is -4.36. The number of halogens is 3. The van der Waals surface area contributed by atoms with Crippen LogP contribution < -0.4 is 0 Å². The first-order valence-electron chi connectivity index (χ1n) is 3.69. The van der Waals surface area contributed by atoms with E-state index in [9.17, 15) is 13.2 Å². The lowest BCUT2D eigenvalue weighted by molar-refractivity contribution is -0.137. The van der Waals surface area contributed by atoms with Crippen LogP contribution in [0.15, 0.2) is 30.3 Å². The molecular weight excluding hydrogens is 191 g/mol. The molecule has 0 aliphatic carbocycles. The zero-order valence-corrected chi connectivity index (χ0v) is 6.97. The minimum Gasteiger partial charge on any atom is -0.193 e. The molecule has 1 radical (unpaired) electrons. The molecule has 0 bridgehead atoms. The molecule has 0 amide bonds. The first-order chi connectivity index (χ1) is 6.54. The molecule has 0 aliphatic heterocycles. The summed E-state index contributed by atoms with van der Waals surface area (Å²) in [5, 5.41) is 8.17. The lowest BCUT2D eigenvalue weighted by Gasteiger charge is -2.06. The molecule has 0 N–H and O–H groups in total. The van der Waals surface area contributed by atoms with Gasteiger partial charge >= 0.3 is 6.18 Å². The number of hydrogen-bond acceptors (Lipinski definition) is 1. The van der Waals surface area contributed by atoms with Crippen LogP contribution in [0, 0.1) is 17.4 Å². The van der Waals surface area contributed by atoms with Crippen molar-refractivity contribution in [2.75, 3.05) is 0 Å². The van der Waals surface area contributed by atoms with Crippen LogP contribution in [0.5, 0.6) is 0 Å². The Labute approximate surface area is 79.1 Å². The van der Waals surface area contributed by atoms with E-state index < -0.39 is 11.7 Å². The molecule has 0 aromatic heterocycles. The molecular formula is C10H5F3N. The largest absolute Gasteiger partial charge is 0.416 e. The standard InChI is InChI=1S/C10H5F3N/c11-10(12,13)9-5-1-3-8(7-9)4-2-6-14/h1-3,5,7H. The average molecular weight is 196 g/mol. The Morgan fingerprint density at radius 1 is 1.29 bits per heavy atom. The van der Waals surface area contributed by atoms with E-state index in [1.807, 2.05) is 0 Å². The van der Waals surface area contributed by atoms with Crippen molar-refractivity contribution >= 4 is 0 Å². The zero-order chi connectivity index (χ0) is 10.6. The first kappa shape index (κ1) is 10.3. The van der Waals surface area contributed by atoms with Crippen molar-refractivity contribution in [2.45, 2.75) is 6.18 Å². The van der Waals surface area contributed by atoms with Gasteiger partial charge in [-0.25, -0.2) is 0 Å². The lowest BCUT2D eigenvalue weighted by atomic mass is 10.1. The molecule has 0 spiro atoms. The quantitative estimate of drug-likeness (QED) is 0.633. The number of rotatable bonds is 1. The Kier molecular flexibility index (Phi) is 2.92. The van der Waals surface area contributed by atoms with Crippen molar-refractivity contribution in [3.63, 3.8) is 0 Å². The van der Waals surface area contributed by atoms with Crippen molar-refractivity contribution in [3.05, 3.63) is 47.5 Å². The van der Waals surface area contributed by atoms with Gasteiger partial charge in [0.2, 0.25) is 0 Å². The smallest absolute Gasteiger partial charge is 0.193 e. The van der Waals surface area contributed by atoms with E-state index in [0.29, 0.717) is 0 Å². The van der Waals surface area contributed by atoms with E-state index in [2.05, 4.69) is 6.08 Å². The van der Waals surface area contributed by atoms with Gasteiger partial charge in [-0.2, -0.15) is 18.4 Å². The predicted octanol–water partition coefficient (Wildman–Crippen LogP) is 2.94. The van der Waals surface area contributed by atoms with E-state index in [1.165, 1.54) is 12.1 Å². The fraction of sp³-hybridized carbons (Fsp3) is 0.100. The van der Waals surface area contributed by atoms with Crippen LogP contribution in [-0.2, 0) is 6.18 Å². The lowest BCUT2D eigenvalue weighted by Crippen LogP contribution is -2.04. The third-order valence-corrected chi connectivity index (χ3v) is 1.49. The molecule has 0 unspecified atom stereocenters. The maximum absolute atomic E-state index is 12.2. The summed E-state index contributed by atoms with van der Waals surface area (Å²) in [7, 11) is 0. The van der Waals surface area contributed by atoms with Gasteiger partial charge < -0.3 is 0 Å². The summed E-state index contributed by atoms with van der Waals surface area (Å²) in [4.78, 5) is 0. The molecule has 0 atom stereocenters. The van der Waals surface area contributed by atoms with Crippen LogP contribution in [-0.4, -0.2) is 0 Å². The van der Waals surface area contributed by atoms with E-state index in [4.69, 9.17) is 5.26 Å². The third kappa shape index (κ3) is 2.63. The zero-order valence-electron chi connectivity index (χ0n) is 6.97. The van der Waals surface area contributed by atoms with Crippen LogP contribution in [0.2, 0.25) is 0 Å². The van der Waals surface area contributed by atoms with Crippen molar-refractivity contribution in [1.29, 1.82) is 5.26 Å². The summed E-state index contributed by atoms with van der Waals surface area (Å²) in [6.07, 6.45) is -0.927. The molecule has 1 aromatic carbocycles. The normalized spacial score (nSPS) is 11.6. The Morgan fingerprint density at radius 3 is 2.57 bits per heavy atom. The van der Waals surface area contributed by atoms with Crippen molar-refractivity contribution in [1.82, 2.24) is 0 Å². The third-order valence-electron chi connectivity index (χ3n) is 1.49. The highest BCUT2D eigenvalue weighted by atomic mass is 19.4. The summed E-state index contributed by atoms with van der Waals surface area (Å²) >= 11 is 0. The highest BCUT2D eigenvalue weighted by Crippen LogP contribution is 2.29. The predicted molar refractivity (Wildman–Crippen MR) is 44.0 cm³/mol. The summed E-state index contributed by atoms with van der Waals surface area (Å²) in [5.74, 6) is 0. The minimum absolute atomic E-state index is 0.237. The van der Waals surface area contributed by atoms with Crippen molar-refractivity contribution in [3.8, 4) is 6.07 Å². The Bertz CT molecular complexity index is 385. The molecule has 0 aliphatic rings. The van der Waals surface area contributed by atoms with Crippen LogP contribution in [0.1, 0.15) is 11.1 Å². The van der Waals surface area contributed by atoms with Crippen LogP contribution in [0.25, 0.3) is 0 Å². The molecule has 14 heavy (non-hydrogen) atoms. The molecule has 1 aromatic rings. The van der Waals surface area contributed by atoms with Gasteiger partial charge in [0.1, 0.15) is 0 Å². The van der Waals surface area contributed by atoms with Gasteiger partial charge in [0, 0.05) is 12.2 Å². The molecule has 1 rings (SSSR count). The van der Waals surface area contributed by atoms with Crippen LogP contribution >= 0.6 is 0 Å². The van der Waals surface area contributed by atoms with Gasteiger partial charge in [0.25, 0.3) is 0 Å². The molecule has 71 valence electrons. The topological polar surface area (TPSA) is 23.8 Å². The second kappa shape index (κ2) is 3.97. The van der Waals surface area contributed by atoms with Gasteiger partial charge in [0.05, 0.1) is 11.6 Å². The number of allylic oxidation sites excluding steroid dienone is 1. The SMILES string of the molecule is N#C/C=[C]/c1cccc(C(F)(F)F)c1. The number of hydrogen-bond donors (Lipinski definition) is 0. The van der Waals surface area contributed by atoms with Gasteiger partial charge in [-0.05, 0) is 17.7 Å². The second-order valence-electron chi connectivity index (χ2n) is 2.50. The summed E-state index contributed by atoms with van der Waals surface area (Å²) < 4.78 is 36.6. The molecule has 0 saturated heterocycles. The number of nitrogens with zero attached hydrogens (tertiary/aromatic N) is 1. The fourth-order valence-corrected chi connectivity index (χ4v) is 0.901. The van der Waals surface area contributed by atoms with Gasteiger partial charge in [-0.1, -0.05) is 12.1 Å².